The highest BCUT2D eigenvalue weighted by Crippen LogP contribution is 2.35. The quantitative estimate of drug-likeness (QED) is 0.665. The van der Waals surface area contributed by atoms with Crippen LogP contribution in [-0.2, 0) is 0 Å². The molecule has 17 heavy (non-hydrogen) atoms. The van der Waals surface area contributed by atoms with E-state index in [4.69, 9.17) is 5.84 Å². The van der Waals surface area contributed by atoms with Crippen LogP contribution in [0.1, 0.15) is 44.3 Å². The summed E-state index contributed by atoms with van der Waals surface area (Å²) < 4.78 is 1.01. The molecule has 1 aliphatic rings. The minimum absolute atomic E-state index is 0.190. The molecule has 1 saturated carbocycles. The molecule has 1 aromatic rings. The summed E-state index contributed by atoms with van der Waals surface area (Å²) >= 11 is 3.41. The van der Waals surface area contributed by atoms with E-state index in [0.717, 1.165) is 16.1 Å². The number of halogens is 1. The van der Waals surface area contributed by atoms with Gasteiger partial charge in [-0.05, 0) is 52.7 Å². The second kappa shape index (κ2) is 5.94. The Morgan fingerprint density at radius 3 is 2.59 bits per heavy atom. The average molecular weight is 298 g/mol. The van der Waals surface area contributed by atoms with Gasteiger partial charge in [0.15, 0.2) is 0 Å². The van der Waals surface area contributed by atoms with Crippen LogP contribution in [0.25, 0.3) is 0 Å². The molecule has 1 unspecified atom stereocenters. The van der Waals surface area contributed by atoms with Gasteiger partial charge in [0.2, 0.25) is 0 Å². The van der Waals surface area contributed by atoms with E-state index in [2.05, 4.69) is 33.3 Å². The largest absolute Gasteiger partial charge is 0.271 e. The van der Waals surface area contributed by atoms with Crippen LogP contribution in [0, 0.1) is 11.8 Å². The number of hydrogen-bond acceptors (Lipinski definition) is 3. The Balaban J connectivity index is 2.08. The van der Waals surface area contributed by atoms with Crippen molar-refractivity contribution in [1.29, 1.82) is 0 Å². The molecule has 1 atom stereocenters. The summed E-state index contributed by atoms with van der Waals surface area (Å²) in [5, 5.41) is 0. The predicted octanol–water partition coefficient (Wildman–Crippen LogP) is 3.17. The molecule has 0 radical (unpaired) electrons. The lowest BCUT2D eigenvalue weighted by Crippen LogP contribution is -2.35. The fourth-order valence-electron chi connectivity index (χ4n) is 2.65. The van der Waals surface area contributed by atoms with E-state index in [1.165, 1.54) is 25.7 Å². The third-order valence-electron chi connectivity index (χ3n) is 3.78. The van der Waals surface area contributed by atoms with Crippen LogP contribution in [-0.4, -0.2) is 4.98 Å². The number of pyridine rings is 1. The fraction of sp³-hybridized carbons (Fsp3) is 0.615. The summed E-state index contributed by atoms with van der Waals surface area (Å²) in [6.07, 6.45) is 6.94. The molecule has 1 fully saturated rings. The highest BCUT2D eigenvalue weighted by molar-refractivity contribution is 9.10. The summed E-state index contributed by atoms with van der Waals surface area (Å²) in [6, 6.07) is 4.26. The lowest BCUT2D eigenvalue weighted by molar-refractivity contribution is 0.229. The first kappa shape index (κ1) is 13.0. The van der Waals surface area contributed by atoms with E-state index < -0.39 is 0 Å². The molecule has 0 aliphatic heterocycles. The van der Waals surface area contributed by atoms with Gasteiger partial charge < -0.3 is 0 Å². The van der Waals surface area contributed by atoms with Crippen molar-refractivity contribution in [3.63, 3.8) is 0 Å². The van der Waals surface area contributed by atoms with Crippen LogP contribution in [0.4, 0.5) is 0 Å². The van der Waals surface area contributed by atoms with Crippen LogP contribution < -0.4 is 11.3 Å². The van der Waals surface area contributed by atoms with Gasteiger partial charge in [0, 0.05) is 10.7 Å². The summed E-state index contributed by atoms with van der Waals surface area (Å²) in [5.74, 6) is 7.19. The van der Waals surface area contributed by atoms with Gasteiger partial charge in [0.1, 0.15) is 0 Å². The number of nitrogens with one attached hydrogen (secondary N) is 1. The maximum atomic E-state index is 5.71. The van der Waals surface area contributed by atoms with Crippen LogP contribution in [0.3, 0.4) is 0 Å². The summed E-state index contributed by atoms with van der Waals surface area (Å²) in [6.45, 7) is 2.33. The average Bonchev–Trinajstić information content (AvgIpc) is 2.35. The monoisotopic (exact) mass is 297 g/mol. The molecule has 1 aliphatic carbocycles. The molecule has 0 bridgehead atoms. The molecule has 4 heteroatoms. The second-order valence-corrected chi connectivity index (χ2v) is 5.98. The first-order chi connectivity index (χ1) is 8.20. The van der Waals surface area contributed by atoms with Crippen LogP contribution in [0.2, 0.25) is 0 Å². The highest BCUT2D eigenvalue weighted by atomic mass is 79.9. The number of aromatic nitrogens is 1. The zero-order valence-corrected chi connectivity index (χ0v) is 11.8. The minimum Gasteiger partial charge on any atom is -0.271 e. The lowest BCUT2D eigenvalue weighted by atomic mass is 9.78. The number of nitrogens with two attached hydrogens (primary N) is 1. The van der Waals surface area contributed by atoms with Gasteiger partial charge >= 0.3 is 0 Å². The Labute approximate surface area is 111 Å². The van der Waals surface area contributed by atoms with Crippen molar-refractivity contribution in [3.8, 4) is 0 Å². The Hall–Kier alpha value is -0.450. The molecule has 2 rings (SSSR count). The third kappa shape index (κ3) is 3.27. The summed E-state index contributed by atoms with van der Waals surface area (Å²) in [7, 11) is 0. The van der Waals surface area contributed by atoms with Crippen molar-refractivity contribution in [3.05, 3.63) is 28.5 Å². The van der Waals surface area contributed by atoms with E-state index in [1.54, 1.807) is 0 Å². The first-order valence-corrected chi connectivity index (χ1v) is 7.07. The third-order valence-corrected chi connectivity index (χ3v) is 4.25. The van der Waals surface area contributed by atoms with Crippen LogP contribution in [0.5, 0.6) is 0 Å². The molecule has 0 spiro atoms. The van der Waals surface area contributed by atoms with Gasteiger partial charge in [-0.3, -0.25) is 16.3 Å². The van der Waals surface area contributed by atoms with E-state index in [-0.39, 0.29) is 6.04 Å². The fourth-order valence-corrected chi connectivity index (χ4v) is 2.89. The zero-order chi connectivity index (χ0) is 12.3. The lowest BCUT2D eigenvalue weighted by Gasteiger charge is -2.32. The number of hydrogen-bond donors (Lipinski definition) is 2. The first-order valence-electron chi connectivity index (χ1n) is 6.28. The van der Waals surface area contributed by atoms with Gasteiger partial charge in [0.05, 0.1) is 11.7 Å². The number of hydrazine groups is 1. The molecule has 3 N–H and O–H groups in total. The predicted molar refractivity (Wildman–Crippen MR) is 73.1 cm³/mol. The van der Waals surface area contributed by atoms with Gasteiger partial charge in [-0.2, -0.15) is 0 Å². The molecule has 0 saturated heterocycles. The molecule has 1 aromatic heterocycles. The zero-order valence-electron chi connectivity index (χ0n) is 10.2. The molecule has 0 aromatic carbocycles. The van der Waals surface area contributed by atoms with E-state index in [0.29, 0.717) is 5.92 Å². The number of rotatable bonds is 3. The normalized spacial score (nSPS) is 26.8. The molecular formula is C13H20BrN3. The second-order valence-electron chi connectivity index (χ2n) is 5.07. The van der Waals surface area contributed by atoms with Crippen molar-refractivity contribution in [2.75, 3.05) is 0 Å². The van der Waals surface area contributed by atoms with Gasteiger partial charge in [-0.25, -0.2) is 0 Å². The van der Waals surface area contributed by atoms with Crippen molar-refractivity contribution in [1.82, 2.24) is 10.4 Å². The highest BCUT2D eigenvalue weighted by Gasteiger charge is 2.27. The van der Waals surface area contributed by atoms with E-state index >= 15 is 0 Å². The molecule has 0 amide bonds. The Kier molecular flexibility index (Phi) is 4.54. The van der Waals surface area contributed by atoms with Crippen molar-refractivity contribution >= 4 is 15.9 Å². The SMILES string of the molecule is CC1CCC(C(NN)c2ccc(Br)cn2)CC1. The number of nitrogens with zero attached hydrogens (tertiary/aromatic N) is 1. The van der Waals surface area contributed by atoms with E-state index in [1.807, 2.05) is 18.3 Å². The van der Waals surface area contributed by atoms with Crippen LogP contribution in [0.15, 0.2) is 22.8 Å². The van der Waals surface area contributed by atoms with Gasteiger partial charge in [-0.1, -0.05) is 19.8 Å². The summed E-state index contributed by atoms with van der Waals surface area (Å²) in [5.41, 5.74) is 4.00. The Morgan fingerprint density at radius 2 is 2.06 bits per heavy atom. The maximum Gasteiger partial charge on any atom is 0.0660 e. The van der Waals surface area contributed by atoms with Gasteiger partial charge in [-0.15, -0.1) is 0 Å². The molecule has 94 valence electrons. The standard InChI is InChI=1S/C13H20BrN3/c1-9-2-4-10(5-3-9)13(17-15)12-7-6-11(14)8-16-12/h6-10,13,17H,2-5,15H2,1H3. The maximum absolute atomic E-state index is 5.71. The Bertz CT molecular complexity index is 344. The van der Waals surface area contributed by atoms with Crippen molar-refractivity contribution in [2.45, 2.75) is 38.6 Å². The molecule has 1 heterocycles. The van der Waals surface area contributed by atoms with E-state index in [9.17, 15) is 0 Å². The summed E-state index contributed by atoms with van der Waals surface area (Å²) in [4.78, 5) is 4.45. The minimum atomic E-state index is 0.190. The van der Waals surface area contributed by atoms with Gasteiger partial charge in [0.25, 0.3) is 0 Å². The molecular weight excluding hydrogens is 278 g/mol. The molecule has 3 nitrogen and oxygen atoms in total. The smallest absolute Gasteiger partial charge is 0.0660 e. The van der Waals surface area contributed by atoms with Crippen LogP contribution >= 0.6 is 15.9 Å². The Morgan fingerprint density at radius 1 is 1.35 bits per heavy atom. The topological polar surface area (TPSA) is 50.9 Å². The van der Waals surface area contributed by atoms with Crippen molar-refractivity contribution < 1.29 is 0 Å². The van der Waals surface area contributed by atoms with Crippen molar-refractivity contribution in [2.24, 2.45) is 17.7 Å².